The number of amides is 1. The maximum Gasteiger partial charge on any atom is 0.291 e. The number of ether oxygens (including phenoxy) is 3. The fourth-order valence-electron chi connectivity index (χ4n) is 2.68. The standard InChI is InChI=1S/C21H19NO5/c23-21(22-15-7-9-18-20(13-15)25-12-4-11-24-18)19-10-8-17(27-19)14-26-16-5-2-1-3-6-16/h1-3,5-10,13H,4,11-12,14H2,(H,22,23). The Hall–Kier alpha value is -3.41. The molecule has 0 saturated heterocycles. The zero-order valence-electron chi connectivity index (χ0n) is 14.6. The van der Waals surface area contributed by atoms with Gasteiger partial charge < -0.3 is 23.9 Å². The van der Waals surface area contributed by atoms with Gasteiger partial charge in [0.15, 0.2) is 17.3 Å². The van der Waals surface area contributed by atoms with E-state index in [9.17, 15) is 4.79 Å². The van der Waals surface area contributed by atoms with Gasteiger partial charge in [0.2, 0.25) is 0 Å². The molecule has 4 rings (SSSR count). The van der Waals surface area contributed by atoms with Crippen LogP contribution in [-0.2, 0) is 6.61 Å². The molecule has 0 radical (unpaired) electrons. The lowest BCUT2D eigenvalue weighted by Crippen LogP contribution is -2.11. The van der Waals surface area contributed by atoms with Crippen LogP contribution in [0.4, 0.5) is 5.69 Å². The van der Waals surface area contributed by atoms with E-state index in [4.69, 9.17) is 18.6 Å². The lowest BCUT2D eigenvalue weighted by molar-refractivity contribution is 0.0992. The summed E-state index contributed by atoms with van der Waals surface area (Å²) in [5.41, 5.74) is 0.614. The van der Waals surface area contributed by atoms with Crippen LogP contribution in [-0.4, -0.2) is 19.1 Å². The summed E-state index contributed by atoms with van der Waals surface area (Å²) in [7, 11) is 0. The quantitative estimate of drug-likeness (QED) is 0.731. The van der Waals surface area contributed by atoms with E-state index in [1.807, 2.05) is 30.3 Å². The molecule has 2 aromatic carbocycles. The molecule has 1 aromatic heterocycles. The smallest absolute Gasteiger partial charge is 0.291 e. The van der Waals surface area contributed by atoms with E-state index in [2.05, 4.69) is 5.32 Å². The van der Waals surface area contributed by atoms with E-state index in [1.165, 1.54) is 0 Å². The van der Waals surface area contributed by atoms with Gasteiger partial charge in [0.25, 0.3) is 5.91 Å². The highest BCUT2D eigenvalue weighted by Crippen LogP contribution is 2.32. The van der Waals surface area contributed by atoms with E-state index >= 15 is 0 Å². The van der Waals surface area contributed by atoms with E-state index in [-0.39, 0.29) is 18.3 Å². The largest absolute Gasteiger partial charge is 0.490 e. The molecule has 1 N–H and O–H groups in total. The van der Waals surface area contributed by atoms with Gasteiger partial charge >= 0.3 is 0 Å². The Balaban J connectivity index is 1.39. The molecule has 0 fully saturated rings. The highest BCUT2D eigenvalue weighted by molar-refractivity contribution is 6.02. The van der Waals surface area contributed by atoms with Gasteiger partial charge in [-0.05, 0) is 36.4 Å². The van der Waals surface area contributed by atoms with Crippen LogP contribution in [0.2, 0.25) is 0 Å². The number of fused-ring (bicyclic) bond motifs is 1. The molecule has 0 bridgehead atoms. The van der Waals surface area contributed by atoms with Gasteiger partial charge in [0.05, 0.1) is 13.2 Å². The normalized spacial score (nSPS) is 12.9. The minimum atomic E-state index is -0.338. The molecule has 0 aliphatic carbocycles. The molecular weight excluding hydrogens is 346 g/mol. The second kappa shape index (κ2) is 7.86. The Morgan fingerprint density at radius 1 is 0.963 bits per heavy atom. The zero-order chi connectivity index (χ0) is 18.5. The molecule has 1 aliphatic heterocycles. The number of carbonyl (C=O) groups excluding carboxylic acids is 1. The molecule has 6 nitrogen and oxygen atoms in total. The molecule has 138 valence electrons. The van der Waals surface area contributed by atoms with Crippen molar-refractivity contribution in [2.24, 2.45) is 0 Å². The molecule has 0 unspecified atom stereocenters. The van der Waals surface area contributed by atoms with Gasteiger partial charge in [0.1, 0.15) is 18.1 Å². The minimum absolute atomic E-state index is 0.216. The van der Waals surface area contributed by atoms with Crippen LogP contribution in [0.5, 0.6) is 17.2 Å². The average molecular weight is 365 g/mol. The van der Waals surface area contributed by atoms with Gasteiger partial charge in [0, 0.05) is 18.2 Å². The summed E-state index contributed by atoms with van der Waals surface area (Å²) in [6, 6.07) is 18.1. The first kappa shape index (κ1) is 17.0. The van der Waals surface area contributed by atoms with Crippen molar-refractivity contribution < 1.29 is 23.4 Å². The Morgan fingerprint density at radius 3 is 2.63 bits per heavy atom. The number of hydrogen-bond donors (Lipinski definition) is 1. The average Bonchev–Trinajstić information content (AvgIpc) is 3.05. The summed E-state index contributed by atoms with van der Waals surface area (Å²) < 4.78 is 22.4. The maximum atomic E-state index is 12.4. The number of anilines is 1. The highest BCUT2D eigenvalue weighted by Gasteiger charge is 2.15. The van der Waals surface area contributed by atoms with Crippen molar-refractivity contribution in [3.63, 3.8) is 0 Å². The van der Waals surface area contributed by atoms with E-state index < -0.39 is 0 Å². The third-order valence-corrected chi connectivity index (χ3v) is 4.02. The number of benzene rings is 2. The number of nitrogens with one attached hydrogen (secondary N) is 1. The monoisotopic (exact) mass is 365 g/mol. The van der Waals surface area contributed by atoms with Crippen molar-refractivity contribution in [3.8, 4) is 17.2 Å². The van der Waals surface area contributed by atoms with Gasteiger partial charge in [-0.3, -0.25) is 4.79 Å². The Kier molecular flexibility index (Phi) is 4.96. The second-order valence-electron chi connectivity index (χ2n) is 6.03. The van der Waals surface area contributed by atoms with Crippen molar-refractivity contribution in [1.82, 2.24) is 0 Å². The summed E-state index contributed by atoms with van der Waals surface area (Å²) in [6.45, 7) is 1.47. The van der Waals surface area contributed by atoms with Crippen molar-refractivity contribution in [1.29, 1.82) is 0 Å². The molecule has 27 heavy (non-hydrogen) atoms. The Bertz CT molecular complexity index is 919. The number of hydrogen-bond acceptors (Lipinski definition) is 5. The van der Waals surface area contributed by atoms with Crippen LogP contribution in [0.15, 0.2) is 65.1 Å². The summed E-state index contributed by atoms with van der Waals surface area (Å²) in [5, 5.41) is 2.81. The topological polar surface area (TPSA) is 69.9 Å². The summed E-state index contributed by atoms with van der Waals surface area (Å²) >= 11 is 0. The second-order valence-corrected chi connectivity index (χ2v) is 6.03. The Morgan fingerprint density at radius 2 is 1.78 bits per heavy atom. The van der Waals surface area contributed by atoms with E-state index in [0.717, 1.165) is 12.2 Å². The summed E-state index contributed by atoms with van der Waals surface area (Å²) in [4.78, 5) is 12.4. The minimum Gasteiger partial charge on any atom is -0.490 e. The number of carbonyl (C=O) groups is 1. The van der Waals surface area contributed by atoms with Crippen molar-refractivity contribution in [2.45, 2.75) is 13.0 Å². The van der Waals surface area contributed by atoms with E-state index in [0.29, 0.717) is 36.2 Å². The molecule has 0 spiro atoms. The molecule has 1 aliphatic rings. The fourth-order valence-corrected chi connectivity index (χ4v) is 2.68. The predicted octanol–water partition coefficient (Wildman–Crippen LogP) is 4.27. The molecule has 0 atom stereocenters. The number of furan rings is 1. The summed E-state index contributed by atoms with van der Waals surface area (Å²) in [5.74, 6) is 2.50. The first-order valence-electron chi connectivity index (χ1n) is 8.75. The van der Waals surface area contributed by atoms with Crippen LogP contribution >= 0.6 is 0 Å². The zero-order valence-corrected chi connectivity index (χ0v) is 14.6. The molecule has 2 heterocycles. The van der Waals surface area contributed by atoms with Crippen LogP contribution in [0, 0.1) is 0 Å². The first-order chi connectivity index (χ1) is 13.3. The van der Waals surface area contributed by atoms with Crippen LogP contribution in [0.3, 0.4) is 0 Å². The Labute approximate surface area is 156 Å². The van der Waals surface area contributed by atoms with Crippen LogP contribution in [0.1, 0.15) is 22.7 Å². The number of para-hydroxylation sites is 1. The first-order valence-corrected chi connectivity index (χ1v) is 8.75. The third-order valence-electron chi connectivity index (χ3n) is 4.02. The lowest BCUT2D eigenvalue weighted by atomic mass is 10.2. The molecule has 0 saturated carbocycles. The molecular formula is C21H19NO5. The van der Waals surface area contributed by atoms with Crippen molar-refractivity contribution in [3.05, 3.63) is 72.2 Å². The third kappa shape index (κ3) is 4.23. The lowest BCUT2D eigenvalue weighted by Gasteiger charge is -2.09. The van der Waals surface area contributed by atoms with Gasteiger partial charge in [-0.15, -0.1) is 0 Å². The van der Waals surface area contributed by atoms with Crippen LogP contribution in [0.25, 0.3) is 0 Å². The van der Waals surface area contributed by atoms with Crippen LogP contribution < -0.4 is 19.5 Å². The summed E-state index contributed by atoms with van der Waals surface area (Å²) in [6.07, 6.45) is 0.830. The van der Waals surface area contributed by atoms with Crippen molar-refractivity contribution in [2.75, 3.05) is 18.5 Å². The maximum absolute atomic E-state index is 12.4. The van der Waals surface area contributed by atoms with Crippen molar-refractivity contribution >= 4 is 11.6 Å². The highest BCUT2D eigenvalue weighted by atomic mass is 16.5. The molecule has 1 amide bonds. The molecule has 6 heteroatoms. The van der Waals surface area contributed by atoms with Gasteiger partial charge in [-0.25, -0.2) is 0 Å². The van der Waals surface area contributed by atoms with Gasteiger partial charge in [-0.2, -0.15) is 0 Å². The molecule has 3 aromatic rings. The van der Waals surface area contributed by atoms with E-state index in [1.54, 1.807) is 30.3 Å². The number of rotatable bonds is 5. The predicted molar refractivity (Wildman–Crippen MR) is 99.5 cm³/mol. The fraction of sp³-hybridized carbons (Fsp3) is 0.190. The van der Waals surface area contributed by atoms with Gasteiger partial charge in [-0.1, -0.05) is 18.2 Å². The SMILES string of the molecule is O=C(Nc1ccc2c(c1)OCCCO2)c1ccc(COc2ccccc2)o1.